The van der Waals surface area contributed by atoms with Crippen LogP contribution in [0.1, 0.15) is 43.6 Å². The maximum Gasteiger partial charge on any atom is 0.573 e. The van der Waals surface area contributed by atoms with Crippen LogP contribution < -0.4 is 10.5 Å². The molecule has 9 nitrogen and oxygen atoms in total. The highest BCUT2D eigenvalue weighted by Crippen LogP contribution is 2.38. The fourth-order valence-corrected chi connectivity index (χ4v) is 4.74. The predicted octanol–water partition coefficient (Wildman–Crippen LogP) is 5.36. The third kappa shape index (κ3) is 5.86. The number of alkyl halides is 3. The molecule has 3 heterocycles. The lowest BCUT2D eigenvalue weighted by Gasteiger charge is -2.19. The van der Waals surface area contributed by atoms with Gasteiger partial charge in [-0.15, -0.1) is 13.2 Å². The van der Waals surface area contributed by atoms with Gasteiger partial charge in [0.1, 0.15) is 17.2 Å². The average Bonchev–Trinajstić information content (AvgIpc) is 3.49. The van der Waals surface area contributed by atoms with E-state index in [-0.39, 0.29) is 11.6 Å². The van der Waals surface area contributed by atoms with Crippen LogP contribution in [-0.4, -0.2) is 43.1 Å². The molecular weight excluding hydrogens is 535 g/mol. The summed E-state index contributed by atoms with van der Waals surface area (Å²) in [5.74, 6) is 1.14. The van der Waals surface area contributed by atoms with Crippen LogP contribution in [-0.2, 0) is 18.6 Å². The minimum Gasteiger partial charge on any atom is -0.406 e. The second-order valence-electron chi connectivity index (χ2n) is 10.1. The number of nitrogens with zero attached hydrogens (tertiary/aromatic N) is 6. The molecule has 3 N–H and O–H groups in total. The number of benzene rings is 1. The summed E-state index contributed by atoms with van der Waals surface area (Å²) in [7, 11) is 0. The van der Waals surface area contributed by atoms with E-state index in [1.54, 1.807) is 37.7 Å². The molecule has 0 bridgehead atoms. The average molecular weight is 562 g/mol. The van der Waals surface area contributed by atoms with Crippen molar-refractivity contribution in [3.05, 3.63) is 52.3 Å². The van der Waals surface area contributed by atoms with Crippen molar-refractivity contribution in [3.63, 3.8) is 0 Å². The normalized spacial score (nSPS) is 16.2. The molecule has 2 aromatic heterocycles. The van der Waals surface area contributed by atoms with Gasteiger partial charge in [0.15, 0.2) is 11.6 Å². The van der Waals surface area contributed by atoms with Crippen molar-refractivity contribution >= 4 is 35.3 Å². The first-order valence-electron chi connectivity index (χ1n) is 12.3. The molecule has 0 saturated heterocycles. The number of amidine groups is 1. The highest BCUT2D eigenvalue weighted by molar-refractivity contribution is 6.32. The van der Waals surface area contributed by atoms with E-state index in [1.807, 2.05) is 0 Å². The Kier molecular flexibility index (Phi) is 6.79. The molecule has 1 saturated carbocycles. The standard InChI is InChI=1S/C26H27ClF3N7O2/c1-14-21(27)23(25(2,3)38)37(34-14)20-12-19(31)33-24-18(10-11-32-20)22(35-36(24)13-15-4-5-15)16-6-8-17(9-7-16)39-26(28,29)30/h6-9,11-12,15,38H,4-5,10,13H2,1-3H3,(H2,31,33). The van der Waals surface area contributed by atoms with Crippen molar-refractivity contribution in [1.82, 2.24) is 19.6 Å². The van der Waals surface area contributed by atoms with Crippen LogP contribution in [0.4, 0.5) is 19.0 Å². The Balaban J connectivity index is 1.57. The predicted molar refractivity (Wildman–Crippen MR) is 142 cm³/mol. The molecule has 1 aromatic carbocycles. The third-order valence-electron chi connectivity index (χ3n) is 6.33. The zero-order valence-corrected chi connectivity index (χ0v) is 22.3. The van der Waals surface area contributed by atoms with E-state index in [0.29, 0.717) is 58.2 Å². The van der Waals surface area contributed by atoms with Gasteiger partial charge in [-0.1, -0.05) is 11.6 Å². The zero-order chi connectivity index (χ0) is 28.1. The van der Waals surface area contributed by atoms with Crippen LogP contribution in [0.15, 0.2) is 40.3 Å². The molecule has 13 heteroatoms. The Labute approximate surface area is 227 Å². The number of halogens is 4. The number of aromatic nitrogens is 4. The van der Waals surface area contributed by atoms with E-state index in [1.165, 1.54) is 28.9 Å². The van der Waals surface area contributed by atoms with E-state index >= 15 is 0 Å². The highest BCUT2D eigenvalue weighted by Gasteiger charge is 2.32. The number of aliphatic imine (C=N–C) groups is 2. The molecule has 3 aromatic rings. The smallest absolute Gasteiger partial charge is 0.406 e. The van der Waals surface area contributed by atoms with E-state index in [4.69, 9.17) is 22.4 Å². The summed E-state index contributed by atoms with van der Waals surface area (Å²) in [6.07, 6.45) is 0.883. The van der Waals surface area contributed by atoms with Gasteiger partial charge in [-0.25, -0.2) is 19.3 Å². The highest BCUT2D eigenvalue weighted by atomic mass is 35.5. The number of hydrogen-bond donors (Lipinski definition) is 2. The fraction of sp³-hybridized carbons (Fsp3) is 0.385. The second kappa shape index (κ2) is 9.83. The minimum atomic E-state index is -4.78. The quantitative estimate of drug-likeness (QED) is 0.420. The summed E-state index contributed by atoms with van der Waals surface area (Å²) in [4.78, 5) is 9.26. The molecule has 1 aliphatic heterocycles. The van der Waals surface area contributed by atoms with Gasteiger partial charge in [0, 0.05) is 36.4 Å². The first-order chi connectivity index (χ1) is 18.3. The van der Waals surface area contributed by atoms with Gasteiger partial charge in [-0.3, -0.25) is 0 Å². The molecule has 1 aliphatic carbocycles. The Morgan fingerprint density at radius 3 is 2.46 bits per heavy atom. The monoisotopic (exact) mass is 561 g/mol. The van der Waals surface area contributed by atoms with E-state index < -0.39 is 12.0 Å². The van der Waals surface area contributed by atoms with Gasteiger partial charge in [0.2, 0.25) is 0 Å². The van der Waals surface area contributed by atoms with E-state index in [2.05, 4.69) is 19.8 Å². The summed E-state index contributed by atoms with van der Waals surface area (Å²) < 4.78 is 45.2. The van der Waals surface area contributed by atoms with Crippen molar-refractivity contribution in [2.24, 2.45) is 21.6 Å². The molecule has 2 aliphatic rings. The van der Waals surface area contributed by atoms with E-state index in [9.17, 15) is 18.3 Å². The number of aryl methyl sites for hydroxylation is 1. The van der Waals surface area contributed by atoms with Crippen molar-refractivity contribution in [1.29, 1.82) is 0 Å². The molecule has 0 spiro atoms. The number of nitrogens with two attached hydrogens (primary N) is 1. The first-order valence-corrected chi connectivity index (χ1v) is 12.7. The summed E-state index contributed by atoms with van der Waals surface area (Å²) in [6.45, 7) is 5.56. The van der Waals surface area contributed by atoms with Crippen molar-refractivity contribution < 1.29 is 23.0 Å². The summed E-state index contributed by atoms with van der Waals surface area (Å²) >= 11 is 6.46. The lowest BCUT2D eigenvalue weighted by molar-refractivity contribution is -0.274. The van der Waals surface area contributed by atoms with Crippen LogP contribution in [0.25, 0.3) is 17.1 Å². The molecule has 5 rings (SSSR count). The summed E-state index contributed by atoms with van der Waals surface area (Å²) in [6, 6.07) is 5.54. The van der Waals surface area contributed by atoms with Crippen molar-refractivity contribution in [2.75, 3.05) is 0 Å². The number of fused-ring (bicyclic) bond motifs is 1. The van der Waals surface area contributed by atoms with Crippen LogP contribution in [0.2, 0.25) is 5.02 Å². The summed E-state index contributed by atoms with van der Waals surface area (Å²) in [5.41, 5.74) is 7.80. The number of ether oxygens (including phenoxy) is 1. The lowest BCUT2D eigenvalue weighted by atomic mass is 10.1. The Hall–Kier alpha value is -3.64. The lowest BCUT2D eigenvalue weighted by Crippen LogP contribution is -2.22. The number of rotatable bonds is 6. The van der Waals surface area contributed by atoms with Crippen LogP contribution >= 0.6 is 11.6 Å². The maximum atomic E-state index is 12.6. The maximum absolute atomic E-state index is 12.6. The summed E-state index contributed by atoms with van der Waals surface area (Å²) in [5, 5.41) is 20.3. The molecule has 0 unspecified atom stereocenters. The number of hydrogen-bond acceptors (Lipinski definition) is 7. The second-order valence-corrected chi connectivity index (χ2v) is 10.5. The largest absolute Gasteiger partial charge is 0.573 e. The molecule has 0 atom stereocenters. The Morgan fingerprint density at radius 1 is 1.15 bits per heavy atom. The van der Waals surface area contributed by atoms with Crippen LogP contribution in [0.5, 0.6) is 5.75 Å². The Bertz CT molecular complexity index is 1490. The topological polar surface area (TPSA) is 116 Å². The van der Waals surface area contributed by atoms with Gasteiger partial charge < -0.3 is 15.6 Å². The van der Waals surface area contributed by atoms with Crippen LogP contribution in [0, 0.1) is 12.8 Å². The Morgan fingerprint density at radius 2 is 1.85 bits per heavy atom. The first kappa shape index (κ1) is 26.9. The van der Waals surface area contributed by atoms with Gasteiger partial charge in [-0.2, -0.15) is 10.2 Å². The molecule has 0 radical (unpaired) electrons. The van der Waals surface area contributed by atoms with Gasteiger partial charge in [0.25, 0.3) is 0 Å². The molecule has 206 valence electrons. The van der Waals surface area contributed by atoms with Crippen LogP contribution in [0.3, 0.4) is 0 Å². The van der Waals surface area contributed by atoms with Crippen molar-refractivity contribution in [2.45, 2.75) is 58.5 Å². The third-order valence-corrected chi connectivity index (χ3v) is 6.78. The van der Waals surface area contributed by atoms with Gasteiger partial charge in [-0.05, 0) is 63.8 Å². The number of aliphatic hydroxyl groups is 1. The molecular formula is C26H27ClF3N7O2. The van der Waals surface area contributed by atoms with Gasteiger partial charge in [0.05, 0.1) is 22.1 Å². The van der Waals surface area contributed by atoms with E-state index in [0.717, 1.165) is 18.4 Å². The SMILES string of the molecule is Cc1nn(C2=CC(N)=Nc3c(c(-c4ccc(OC(F)(F)F)cc4)nn3CC3CC3)CC=N2)c(C(C)(C)O)c1Cl. The molecule has 1 fully saturated rings. The zero-order valence-electron chi connectivity index (χ0n) is 21.5. The molecule has 0 amide bonds. The fourth-order valence-electron chi connectivity index (χ4n) is 4.39. The minimum absolute atomic E-state index is 0.133. The molecule has 39 heavy (non-hydrogen) atoms. The van der Waals surface area contributed by atoms with Crippen molar-refractivity contribution in [3.8, 4) is 17.0 Å². The van der Waals surface area contributed by atoms with Gasteiger partial charge >= 0.3 is 6.36 Å².